The van der Waals surface area contributed by atoms with Crippen molar-refractivity contribution in [3.63, 3.8) is 0 Å². The molecule has 0 saturated heterocycles. The van der Waals surface area contributed by atoms with Crippen LogP contribution in [0.5, 0.6) is 0 Å². The van der Waals surface area contributed by atoms with Crippen LogP contribution in [-0.4, -0.2) is 20.7 Å². The fourth-order valence-electron chi connectivity index (χ4n) is 3.81. The zero-order chi connectivity index (χ0) is 22.0. The summed E-state index contributed by atoms with van der Waals surface area (Å²) in [6, 6.07) is 5.90. The Kier molecular flexibility index (Phi) is 6.43. The lowest BCUT2D eigenvalue weighted by Gasteiger charge is -2.15. The van der Waals surface area contributed by atoms with Crippen LogP contribution in [0.15, 0.2) is 36.2 Å². The van der Waals surface area contributed by atoms with Gasteiger partial charge in [0.05, 0.1) is 5.69 Å². The van der Waals surface area contributed by atoms with Crippen LogP contribution in [0.4, 0.5) is 0 Å². The molecule has 4 rings (SSSR count). The van der Waals surface area contributed by atoms with Crippen LogP contribution in [0, 0.1) is 5.92 Å². The van der Waals surface area contributed by atoms with Crippen LogP contribution in [0.2, 0.25) is 0 Å². The van der Waals surface area contributed by atoms with Crippen LogP contribution in [0.3, 0.4) is 0 Å². The number of amides is 1. The number of carbonyl (C=O) groups excluding carboxylic acids is 1. The number of aromatic nitrogens is 2. The normalized spacial score (nSPS) is 16.4. The Morgan fingerprint density at radius 1 is 1.23 bits per heavy atom. The fourth-order valence-corrected chi connectivity index (χ4v) is 4.13. The average Bonchev–Trinajstić information content (AvgIpc) is 3.65. The molecule has 162 valence electrons. The van der Waals surface area contributed by atoms with Gasteiger partial charge in [-0.3, -0.25) is 9.78 Å². The summed E-state index contributed by atoms with van der Waals surface area (Å²) in [7, 11) is 0. The predicted molar refractivity (Wildman–Crippen MR) is 126 cm³/mol. The first-order valence-corrected chi connectivity index (χ1v) is 11.4. The molecule has 2 heterocycles. The van der Waals surface area contributed by atoms with E-state index < -0.39 is 5.91 Å². The van der Waals surface area contributed by atoms with Crippen molar-refractivity contribution in [1.29, 1.82) is 0 Å². The first-order valence-electron chi connectivity index (χ1n) is 11.0. The van der Waals surface area contributed by atoms with Gasteiger partial charge in [0.1, 0.15) is 5.69 Å². The molecule has 2 aromatic heterocycles. The summed E-state index contributed by atoms with van der Waals surface area (Å²) in [6.45, 7) is 3.28. The number of carbonyl (C=O) groups is 1. The molecule has 0 radical (unpaired) electrons. The van der Waals surface area contributed by atoms with Gasteiger partial charge in [-0.2, -0.15) is 0 Å². The standard InChI is InChI=1S/C24H29N5OS/c1-2-17-18(23(31)11-19(25)15-3-4-15)10-21(24(26)30)29-22(17)13-27-12-14-7-8-28-20(9-14)16-5-6-16/h7-11,15-16,27H,2-6,12-13,25H2,1H3,(H2,26,30). The number of nitrogens with zero attached hydrogens (tertiary/aromatic N) is 2. The molecule has 2 saturated carbocycles. The summed E-state index contributed by atoms with van der Waals surface area (Å²) in [5.41, 5.74) is 17.8. The summed E-state index contributed by atoms with van der Waals surface area (Å²) in [5, 5.41) is 3.45. The number of rotatable bonds is 10. The predicted octanol–water partition coefficient (Wildman–Crippen LogP) is 3.28. The van der Waals surface area contributed by atoms with E-state index in [1.54, 1.807) is 6.07 Å². The highest BCUT2D eigenvalue weighted by atomic mass is 32.1. The van der Waals surface area contributed by atoms with E-state index in [-0.39, 0.29) is 5.69 Å². The molecule has 2 fully saturated rings. The highest BCUT2D eigenvalue weighted by Gasteiger charge is 2.25. The van der Waals surface area contributed by atoms with E-state index in [1.165, 1.54) is 24.1 Å². The van der Waals surface area contributed by atoms with Crippen LogP contribution in [-0.2, 0) is 19.5 Å². The summed E-state index contributed by atoms with van der Waals surface area (Å²) in [6.07, 6.45) is 9.17. The molecule has 0 unspecified atom stereocenters. The number of hydrogen-bond acceptors (Lipinski definition) is 6. The lowest BCUT2D eigenvalue weighted by molar-refractivity contribution is 0.0995. The molecule has 0 aromatic carbocycles. The van der Waals surface area contributed by atoms with Gasteiger partial charge in [-0.25, -0.2) is 4.98 Å². The van der Waals surface area contributed by atoms with Crippen LogP contribution >= 0.6 is 12.2 Å². The second kappa shape index (κ2) is 9.24. The molecule has 2 aliphatic carbocycles. The Morgan fingerprint density at radius 2 is 2.00 bits per heavy atom. The highest BCUT2D eigenvalue weighted by Crippen LogP contribution is 2.39. The molecule has 2 aliphatic rings. The monoisotopic (exact) mass is 435 g/mol. The Bertz CT molecular complexity index is 1040. The largest absolute Gasteiger partial charge is 0.402 e. The molecule has 7 heteroatoms. The fraction of sp³-hybridized carbons (Fsp3) is 0.417. The van der Waals surface area contributed by atoms with Gasteiger partial charge in [0, 0.05) is 41.5 Å². The van der Waals surface area contributed by atoms with E-state index in [4.69, 9.17) is 23.7 Å². The molecule has 0 atom stereocenters. The third kappa shape index (κ3) is 5.35. The smallest absolute Gasteiger partial charge is 0.267 e. The summed E-state index contributed by atoms with van der Waals surface area (Å²) in [4.78, 5) is 21.6. The van der Waals surface area contributed by atoms with Gasteiger partial charge < -0.3 is 16.8 Å². The van der Waals surface area contributed by atoms with Crippen molar-refractivity contribution in [2.75, 3.05) is 0 Å². The number of pyridine rings is 2. The van der Waals surface area contributed by atoms with E-state index in [1.807, 2.05) is 18.3 Å². The molecule has 0 bridgehead atoms. The average molecular weight is 436 g/mol. The van der Waals surface area contributed by atoms with Gasteiger partial charge in [-0.1, -0.05) is 19.1 Å². The summed E-state index contributed by atoms with van der Waals surface area (Å²) >= 11 is 5.67. The van der Waals surface area contributed by atoms with E-state index in [9.17, 15) is 4.79 Å². The molecule has 31 heavy (non-hydrogen) atoms. The second-order valence-electron chi connectivity index (χ2n) is 8.45. The Labute approximate surface area is 188 Å². The third-order valence-corrected chi connectivity index (χ3v) is 6.23. The van der Waals surface area contributed by atoms with Crippen molar-refractivity contribution < 1.29 is 4.79 Å². The van der Waals surface area contributed by atoms with E-state index >= 15 is 0 Å². The minimum Gasteiger partial charge on any atom is -0.402 e. The van der Waals surface area contributed by atoms with Crippen molar-refractivity contribution in [3.05, 3.63) is 69.9 Å². The lowest BCUT2D eigenvalue weighted by atomic mass is 9.98. The molecule has 6 nitrogen and oxygen atoms in total. The topological polar surface area (TPSA) is 107 Å². The minimum atomic E-state index is -0.560. The number of nitrogens with two attached hydrogens (primary N) is 2. The third-order valence-electron chi connectivity index (χ3n) is 5.89. The van der Waals surface area contributed by atoms with Gasteiger partial charge >= 0.3 is 0 Å². The molecular weight excluding hydrogens is 406 g/mol. The van der Waals surface area contributed by atoms with Crippen molar-refractivity contribution in [3.8, 4) is 0 Å². The van der Waals surface area contributed by atoms with Gasteiger partial charge in [-0.15, -0.1) is 0 Å². The first-order chi connectivity index (χ1) is 15.0. The molecule has 1 amide bonds. The zero-order valence-electron chi connectivity index (χ0n) is 17.9. The van der Waals surface area contributed by atoms with Gasteiger partial charge in [0.25, 0.3) is 5.91 Å². The second-order valence-corrected chi connectivity index (χ2v) is 8.89. The van der Waals surface area contributed by atoms with Crippen LogP contribution in [0.1, 0.15) is 77.1 Å². The quantitative estimate of drug-likeness (QED) is 0.300. The van der Waals surface area contributed by atoms with Crippen molar-refractivity contribution in [2.24, 2.45) is 17.4 Å². The molecule has 2 aromatic rings. The number of primary amides is 1. The van der Waals surface area contributed by atoms with E-state index in [2.05, 4.69) is 28.3 Å². The van der Waals surface area contributed by atoms with E-state index in [0.29, 0.717) is 29.8 Å². The number of thiocarbonyl (C=S) groups is 1. The zero-order valence-corrected chi connectivity index (χ0v) is 18.7. The Morgan fingerprint density at radius 3 is 2.65 bits per heavy atom. The maximum absolute atomic E-state index is 11.9. The van der Waals surface area contributed by atoms with Crippen LogP contribution in [0.25, 0.3) is 0 Å². The van der Waals surface area contributed by atoms with Gasteiger partial charge in [0.2, 0.25) is 0 Å². The number of nitrogens with one attached hydrogen (secondary N) is 1. The van der Waals surface area contributed by atoms with Crippen LogP contribution < -0.4 is 16.8 Å². The Balaban J connectivity index is 1.54. The minimum absolute atomic E-state index is 0.227. The number of hydrogen-bond donors (Lipinski definition) is 3. The van der Waals surface area contributed by atoms with Gasteiger partial charge in [0.15, 0.2) is 0 Å². The SMILES string of the molecule is CCc1c(C(=S)C=C(N)C2CC2)cc(C(N)=O)nc1CNCc1ccnc(C2CC2)c1. The van der Waals surface area contributed by atoms with Crippen molar-refractivity contribution in [1.82, 2.24) is 15.3 Å². The van der Waals surface area contributed by atoms with E-state index in [0.717, 1.165) is 41.8 Å². The Hall–Kier alpha value is -2.64. The number of allylic oxidation sites excluding steroid dienone is 2. The summed E-state index contributed by atoms with van der Waals surface area (Å²) < 4.78 is 0. The lowest BCUT2D eigenvalue weighted by Crippen LogP contribution is -2.21. The highest BCUT2D eigenvalue weighted by molar-refractivity contribution is 7.81. The van der Waals surface area contributed by atoms with Crippen molar-refractivity contribution >= 4 is 23.0 Å². The molecule has 5 N–H and O–H groups in total. The molecule has 0 spiro atoms. The van der Waals surface area contributed by atoms with Crippen molar-refractivity contribution in [2.45, 2.75) is 58.0 Å². The maximum Gasteiger partial charge on any atom is 0.267 e. The summed E-state index contributed by atoms with van der Waals surface area (Å²) in [5.74, 6) is 0.498. The van der Waals surface area contributed by atoms with Gasteiger partial charge in [-0.05, 0) is 79.0 Å². The maximum atomic E-state index is 11.9. The molecular formula is C24H29N5OS. The molecule has 0 aliphatic heterocycles. The first kappa shape index (κ1) is 21.6.